The summed E-state index contributed by atoms with van der Waals surface area (Å²) in [5.74, 6) is 2.48. The molecule has 0 aromatic heterocycles. The van der Waals surface area contributed by atoms with Crippen molar-refractivity contribution in [3.05, 3.63) is 30.2 Å². The molecule has 0 aromatic rings. The second-order valence-electron chi connectivity index (χ2n) is 8.58. The van der Waals surface area contributed by atoms with E-state index < -0.39 is 0 Å². The van der Waals surface area contributed by atoms with Crippen LogP contribution in [0.3, 0.4) is 0 Å². The minimum Gasteiger partial charge on any atom is -0.393 e. The number of hydrogen-bond donors (Lipinski definition) is 1. The predicted octanol–water partition coefficient (Wildman–Crippen LogP) is 4.68. The van der Waals surface area contributed by atoms with Gasteiger partial charge in [0.25, 0.3) is 0 Å². The molecule has 0 aromatic carbocycles. The molecule has 4 aliphatic rings. The fourth-order valence-electron chi connectivity index (χ4n) is 6.30. The van der Waals surface area contributed by atoms with Crippen LogP contribution in [0.4, 0.5) is 0 Å². The maximum absolute atomic E-state index is 10.0. The molecule has 2 heteroatoms. The van der Waals surface area contributed by atoms with Gasteiger partial charge in [0.15, 0.2) is 0 Å². The molecular weight excluding hydrogens is 526 g/mol. The van der Waals surface area contributed by atoms with Crippen molar-refractivity contribution in [1.29, 1.82) is 0 Å². The molecule has 4 aliphatic carbocycles. The van der Waals surface area contributed by atoms with Crippen LogP contribution < -0.4 is 0 Å². The Bertz CT molecular complexity index is 510. The van der Waals surface area contributed by atoms with Crippen LogP contribution in [0.25, 0.3) is 0 Å². The Balaban J connectivity index is 0.00000144. The molecule has 0 radical (unpaired) electrons. The van der Waals surface area contributed by atoms with Gasteiger partial charge in [-0.3, -0.25) is 0 Å². The van der Waals surface area contributed by atoms with Crippen LogP contribution in [0.2, 0.25) is 0 Å². The first-order valence-electron chi connectivity index (χ1n) is 8.85. The van der Waals surface area contributed by atoms with Gasteiger partial charge in [-0.05, 0) is 67.1 Å². The summed E-state index contributed by atoms with van der Waals surface area (Å²) < 4.78 is 0. The van der Waals surface area contributed by atoms with Gasteiger partial charge in [-0.15, -0.1) is 0 Å². The quantitative estimate of drug-likeness (QED) is 0.340. The minimum atomic E-state index is -0.0886. The van der Waals surface area contributed by atoms with Gasteiger partial charge < -0.3 is 5.11 Å². The van der Waals surface area contributed by atoms with Gasteiger partial charge in [-0.1, -0.05) is 31.9 Å². The van der Waals surface area contributed by atoms with Crippen LogP contribution in [-0.2, 0) is 0 Å². The van der Waals surface area contributed by atoms with Crippen LogP contribution in [-0.4, -0.2) is 11.2 Å². The van der Waals surface area contributed by atoms with E-state index in [0.29, 0.717) is 10.8 Å². The van der Waals surface area contributed by atoms with E-state index in [0.717, 1.165) is 30.6 Å². The number of aliphatic hydroxyl groups is 1. The molecule has 0 bridgehead atoms. The molecule has 0 aliphatic heterocycles. The largest absolute Gasteiger partial charge is 0.393 e. The van der Waals surface area contributed by atoms with Crippen molar-refractivity contribution >= 4 is 0 Å². The average Bonchev–Trinajstić information content (AvgIpc) is 2.76. The molecule has 3 saturated carbocycles. The summed E-state index contributed by atoms with van der Waals surface area (Å²) in [7, 11) is 0. The van der Waals surface area contributed by atoms with Crippen molar-refractivity contribution in [2.45, 2.75) is 64.9 Å². The van der Waals surface area contributed by atoms with E-state index >= 15 is 0 Å². The molecule has 22 heavy (non-hydrogen) atoms. The third kappa shape index (κ3) is 1.73. The Morgan fingerprint density at radius 2 is 1.91 bits per heavy atom. The zero-order valence-corrected chi connectivity index (χ0v) is 20.8. The van der Waals surface area contributed by atoms with Gasteiger partial charge in [-0.25, -0.2) is 18.6 Å². The molecule has 0 amide bonds. The molecule has 3 fully saturated rings. The maximum Gasteiger partial charge on any atom is 0.0577 e. The van der Waals surface area contributed by atoms with Crippen LogP contribution in [0.5, 0.6) is 0 Å². The number of aliphatic hydroxyl groups excluding tert-OH is 1. The SMILES string of the molecule is C=C1[CH-]CC2C3CC=C4C[C@@H](O)CCC4(C)C3CCC12C.[Bh]. The molecule has 1 N–H and O–H groups in total. The number of rotatable bonds is 0. The molecular formula is C20H29BhO-. The Kier molecular flexibility index (Phi) is 3.22. The van der Waals surface area contributed by atoms with E-state index in [-0.39, 0.29) is 6.10 Å². The summed E-state index contributed by atoms with van der Waals surface area (Å²) in [5, 5.41) is 10.0. The van der Waals surface area contributed by atoms with Gasteiger partial charge in [0.2, 0.25) is 0 Å². The van der Waals surface area contributed by atoms with E-state index in [9.17, 15) is 5.11 Å². The standard InChI is InChI=1S/C20H29O.Bh/c1-13-4-7-17-16-6-5-14-12-15(21)8-10-20(14,3)18(16)9-11-19(13,17)2;/h4-5,15-18,21H,1,6-12H2,2-3H3;/q-1;/t15-,16?,17?,18?,19?,20?;/m0./s1. The summed E-state index contributed by atoms with van der Waals surface area (Å²) in [5.41, 5.74) is 3.72. The molecule has 4 rings (SSSR count). The van der Waals surface area contributed by atoms with Crippen molar-refractivity contribution in [3.63, 3.8) is 0 Å². The summed E-state index contributed by atoms with van der Waals surface area (Å²) >= 11 is 0. The van der Waals surface area contributed by atoms with Crippen LogP contribution >= 0.6 is 0 Å². The second-order valence-corrected chi connectivity index (χ2v) is 8.58. The van der Waals surface area contributed by atoms with Crippen LogP contribution in [0.1, 0.15) is 58.8 Å². The predicted molar refractivity (Wildman–Crippen MR) is 86.5 cm³/mol. The molecule has 118 valence electrons. The third-order valence-corrected chi connectivity index (χ3v) is 7.82. The van der Waals surface area contributed by atoms with E-state index in [1.54, 1.807) is 5.57 Å². The average molecular weight is 555 g/mol. The molecule has 0 spiro atoms. The molecule has 1 nitrogen and oxygen atoms in total. The normalized spacial score (nSPS) is 50.0. The Labute approximate surface area is 129 Å². The number of allylic oxidation sites excluding steroid dienone is 2. The van der Waals surface area contributed by atoms with Crippen LogP contribution in [0, 0.1) is 35.0 Å². The second kappa shape index (κ2) is 4.65. The van der Waals surface area contributed by atoms with Gasteiger partial charge >= 0.3 is 0 Å². The topological polar surface area (TPSA) is 20.2 Å². The Hall–Kier alpha value is -1.69. The van der Waals surface area contributed by atoms with E-state index in [4.69, 9.17) is 0 Å². The molecule has 5 unspecified atom stereocenters. The smallest absolute Gasteiger partial charge is 0.0577 e. The van der Waals surface area contributed by atoms with Crippen molar-refractivity contribution in [1.82, 2.24) is 0 Å². The number of hydrogen-bond acceptors (Lipinski definition) is 1. The summed E-state index contributed by atoms with van der Waals surface area (Å²) in [6.45, 7) is 9.31. The molecule has 6 atom stereocenters. The zero-order chi connectivity index (χ0) is 14.8. The summed E-state index contributed by atoms with van der Waals surface area (Å²) in [4.78, 5) is 0. The first-order valence-corrected chi connectivity index (χ1v) is 8.85. The van der Waals surface area contributed by atoms with Gasteiger partial charge in [0.1, 0.15) is 0 Å². The minimum absolute atomic E-state index is 0. The maximum atomic E-state index is 10.0. The first kappa shape index (κ1) is 15.2. The first-order chi connectivity index (χ1) is 9.95. The van der Waals surface area contributed by atoms with Gasteiger partial charge in [0.05, 0.1) is 6.10 Å². The van der Waals surface area contributed by atoms with Gasteiger partial charge in [-0.2, -0.15) is 0 Å². The van der Waals surface area contributed by atoms with Crippen molar-refractivity contribution in [3.8, 4) is 0 Å². The molecule has 0 heterocycles. The summed E-state index contributed by atoms with van der Waals surface area (Å²) in [6.07, 6.45) is 13.1. The summed E-state index contributed by atoms with van der Waals surface area (Å²) in [6, 6.07) is 0. The van der Waals surface area contributed by atoms with Gasteiger partial charge in [0, 0.05) is 0 Å². The fraction of sp³-hybridized carbons (Fsp3) is 0.750. The van der Waals surface area contributed by atoms with Crippen molar-refractivity contribution in [2.24, 2.45) is 28.6 Å². The molecule has 0 saturated heterocycles. The third-order valence-electron chi connectivity index (χ3n) is 7.82. The Morgan fingerprint density at radius 1 is 1.18 bits per heavy atom. The van der Waals surface area contributed by atoms with Crippen molar-refractivity contribution in [2.75, 3.05) is 0 Å². The van der Waals surface area contributed by atoms with Crippen molar-refractivity contribution < 1.29 is 5.11 Å². The fourth-order valence-corrected chi connectivity index (χ4v) is 6.30. The van der Waals surface area contributed by atoms with Crippen LogP contribution in [0.15, 0.2) is 23.8 Å². The van der Waals surface area contributed by atoms with E-state index in [2.05, 4.69) is 32.9 Å². The number of fused-ring (bicyclic) bond motifs is 5. The van der Waals surface area contributed by atoms with E-state index in [1.165, 1.54) is 37.7 Å². The monoisotopic (exact) mass is 555 g/mol. The Morgan fingerprint density at radius 3 is 2.68 bits per heavy atom. The van der Waals surface area contributed by atoms with E-state index in [1.807, 2.05) is 0 Å². The zero-order valence-electron chi connectivity index (χ0n) is 14.3.